The zero-order valence-corrected chi connectivity index (χ0v) is 9.93. The molecule has 2 rings (SSSR count). The summed E-state index contributed by atoms with van der Waals surface area (Å²) in [6.07, 6.45) is 3.59. The van der Waals surface area contributed by atoms with E-state index in [9.17, 15) is 10.2 Å². The van der Waals surface area contributed by atoms with E-state index in [1.54, 1.807) is 30.3 Å². The van der Waals surface area contributed by atoms with Gasteiger partial charge in [0.05, 0.1) is 0 Å². The van der Waals surface area contributed by atoms with Crippen LogP contribution >= 0.6 is 0 Å². The van der Waals surface area contributed by atoms with Crippen LogP contribution in [0.25, 0.3) is 22.6 Å². The topological polar surface area (TPSA) is 89.2 Å². The zero-order valence-electron chi connectivity index (χ0n) is 9.93. The Bertz CT molecular complexity index is 637. The minimum absolute atomic E-state index is 0.0124. The van der Waals surface area contributed by atoms with E-state index in [4.69, 9.17) is 5.53 Å². The lowest BCUT2D eigenvalue weighted by Gasteiger charge is -1.98. The zero-order chi connectivity index (χ0) is 13.7. The maximum Gasteiger partial charge on any atom is 0.119 e. The molecular formula is C14H11N3O2. The molecule has 0 aliphatic rings. The van der Waals surface area contributed by atoms with E-state index in [2.05, 4.69) is 10.0 Å². The normalized spacial score (nSPS) is 10.3. The molecule has 2 aromatic rings. The van der Waals surface area contributed by atoms with Crippen LogP contribution in [0, 0.1) is 0 Å². The lowest BCUT2D eigenvalue weighted by Crippen LogP contribution is -1.74. The molecule has 0 bridgehead atoms. The van der Waals surface area contributed by atoms with Crippen LogP contribution in [0.4, 0.5) is 5.69 Å². The molecule has 5 nitrogen and oxygen atoms in total. The number of azide groups is 1. The van der Waals surface area contributed by atoms with E-state index in [-0.39, 0.29) is 11.5 Å². The molecule has 19 heavy (non-hydrogen) atoms. The van der Waals surface area contributed by atoms with Crippen molar-refractivity contribution in [3.63, 3.8) is 0 Å². The molecule has 2 N–H and O–H groups in total. The van der Waals surface area contributed by atoms with Gasteiger partial charge in [-0.25, -0.2) is 0 Å². The fourth-order valence-electron chi connectivity index (χ4n) is 1.61. The predicted octanol–water partition coefficient (Wildman–Crippen LogP) is 4.21. The van der Waals surface area contributed by atoms with Crippen molar-refractivity contribution >= 4 is 17.8 Å². The first-order chi connectivity index (χ1) is 9.17. The minimum atomic E-state index is 0.0124. The molecule has 0 radical (unpaired) electrons. The summed E-state index contributed by atoms with van der Waals surface area (Å²) in [5.74, 6) is 0.0247. The highest BCUT2D eigenvalue weighted by molar-refractivity contribution is 5.71. The summed E-state index contributed by atoms with van der Waals surface area (Å²) >= 11 is 0. The number of benzene rings is 2. The Balaban J connectivity index is 2.19. The molecule has 0 saturated heterocycles. The van der Waals surface area contributed by atoms with Crippen LogP contribution in [0.2, 0.25) is 0 Å². The Morgan fingerprint density at radius 2 is 1.47 bits per heavy atom. The third-order valence-corrected chi connectivity index (χ3v) is 2.45. The molecule has 0 heterocycles. The fraction of sp³-hybridized carbons (Fsp3) is 0. The van der Waals surface area contributed by atoms with Gasteiger partial charge in [0, 0.05) is 16.7 Å². The van der Waals surface area contributed by atoms with Gasteiger partial charge in [-0.05, 0) is 28.8 Å². The Kier molecular flexibility index (Phi) is 3.71. The Hall–Kier alpha value is -2.91. The maximum atomic E-state index is 9.35. The van der Waals surface area contributed by atoms with Crippen molar-refractivity contribution in [2.75, 3.05) is 0 Å². The van der Waals surface area contributed by atoms with Crippen molar-refractivity contribution in [3.05, 3.63) is 64.0 Å². The van der Waals surface area contributed by atoms with Crippen LogP contribution in [0.1, 0.15) is 11.1 Å². The van der Waals surface area contributed by atoms with Crippen molar-refractivity contribution in [2.24, 2.45) is 5.11 Å². The lowest BCUT2D eigenvalue weighted by molar-refractivity contribution is 0.450. The minimum Gasteiger partial charge on any atom is -0.508 e. The number of hydrogen-bond acceptors (Lipinski definition) is 3. The van der Waals surface area contributed by atoms with E-state index in [1.165, 1.54) is 6.07 Å². The number of hydrogen-bond donors (Lipinski definition) is 2. The standard InChI is InChI=1S/C14H11N3O2/c15-17-16-12-5-3-10(4-6-12)1-2-11-7-13(18)9-14(19)8-11/h1-9,18-19H. The van der Waals surface area contributed by atoms with Gasteiger partial charge in [0.15, 0.2) is 0 Å². The first-order valence-corrected chi connectivity index (χ1v) is 5.53. The number of nitrogens with zero attached hydrogens (tertiary/aromatic N) is 3. The van der Waals surface area contributed by atoms with E-state index in [0.29, 0.717) is 11.3 Å². The average Bonchev–Trinajstić information content (AvgIpc) is 2.37. The van der Waals surface area contributed by atoms with E-state index in [1.807, 2.05) is 18.2 Å². The molecule has 0 aliphatic heterocycles. The van der Waals surface area contributed by atoms with Gasteiger partial charge in [-0.3, -0.25) is 0 Å². The Morgan fingerprint density at radius 3 is 2.05 bits per heavy atom. The molecule has 2 aromatic carbocycles. The van der Waals surface area contributed by atoms with Crippen molar-refractivity contribution in [3.8, 4) is 11.5 Å². The van der Waals surface area contributed by atoms with Crippen molar-refractivity contribution in [1.29, 1.82) is 0 Å². The molecule has 0 fully saturated rings. The molecule has 0 unspecified atom stereocenters. The van der Waals surface area contributed by atoms with E-state index < -0.39 is 0 Å². The Labute approximate surface area is 109 Å². The van der Waals surface area contributed by atoms with Crippen LogP contribution in [-0.4, -0.2) is 10.2 Å². The monoisotopic (exact) mass is 253 g/mol. The number of aromatic hydroxyl groups is 2. The van der Waals surface area contributed by atoms with Crippen LogP contribution in [0.5, 0.6) is 11.5 Å². The predicted molar refractivity (Wildman–Crippen MR) is 73.9 cm³/mol. The maximum absolute atomic E-state index is 9.35. The van der Waals surface area contributed by atoms with Gasteiger partial charge >= 0.3 is 0 Å². The lowest BCUT2D eigenvalue weighted by atomic mass is 10.1. The van der Waals surface area contributed by atoms with Gasteiger partial charge < -0.3 is 10.2 Å². The third kappa shape index (κ3) is 3.52. The second-order valence-corrected chi connectivity index (χ2v) is 3.90. The second-order valence-electron chi connectivity index (χ2n) is 3.90. The first kappa shape index (κ1) is 12.5. The SMILES string of the molecule is [N-]=[N+]=Nc1ccc(C=Cc2cc(O)cc(O)c2)cc1. The molecule has 0 amide bonds. The van der Waals surface area contributed by atoms with Crippen molar-refractivity contribution in [2.45, 2.75) is 0 Å². The molecule has 0 aliphatic carbocycles. The van der Waals surface area contributed by atoms with Gasteiger partial charge in [0.25, 0.3) is 0 Å². The largest absolute Gasteiger partial charge is 0.508 e. The summed E-state index contributed by atoms with van der Waals surface area (Å²) in [4.78, 5) is 2.70. The van der Waals surface area contributed by atoms with Gasteiger partial charge in [-0.15, -0.1) is 0 Å². The molecule has 5 heteroatoms. The Morgan fingerprint density at radius 1 is 0.895 bits per heavy atom. The highest BCUT2D eigenvalue weighted by Gasteiger charge is 1.96. The second kappa shape index (κ2) is 5.62. The quantitative estimate of drug-likeness (QED) is 0.371. The molecule has 0 saturated carbocycles. The molecule has 94 valence electrons. The number of phenolic OH excluding ortho intramolecular Hbond substituents is 2. The molecular weight excluding hydrogens is 242 g/mol. The summed E-state index contributed by atoms with van der Waals surface area (Å²) in [6.45, 7) is 0. The van der Waals surface area contributed by atoms with E-state index >= 15 is 0 Å². The smallest absolute Gasteiger partial charge is 0.119 e. The first-order valence-electron chi connectivity index (χ1n) is 5.53. The van der Waals surface area contributed by atoms with Crippen LogP contribution < -0.4 is 0 Å². The average molecular weight is 253 g/mol. The van der Waals surface area contributed by atoms with Gasteiger partial charge in [-0.1, -0.05) is 41.5 Å². The van der Waals surface area contributed by atoms with Crippen LogP contribution in [0.15, 0.2) is 47.6 Å². The molecule has 0 aromatic heterocycles. The molecule has 0 atom stereocenters. The number of rotatable bonds is 3. The van der Waals surface area contributed by atoms with Crippen LogP contribution in [0.3, 0.4) is 0 Å². The van der Waals surface area contributed by atoms with Gasteiger partial charge in [0.2, 0.25) is 0 Å². The summed E-state index contributed by atoms with van der Waals surface area (Å²) in [7, 11) is 0. The summed E-state index contributed by atoms with van der Waals surface area (Å²) in [5.41, 5.74) is 10.4. The third-order valence-electron chi connectivity index (χ3n) is 2.45. The summed E-state index contributed by atoms with van der Waals surface area (Å²) in [5, 5.41) is 22.2. The molecule has 0 spiro atoms. The summed E-state index contributed by atoms with van der Waals surface area (Å²) in [6, 6.07) is 11.4. The number of phenols is 2. The van der Waals surface area contributed by atoms with E-state index in [0.717, 1.165) is 5.56 Å². The van der Waals surface area contributed by atoms with Crippen LogP contribution in [-0.2, 0) is 0 Å². The summed E-state index contributed by atoms with van der Waals surface area (Å²) < 4.78 is 0. The van der Waals surface area contributed by atoms with Crippen molar-refractivity contribution in [1.82, 2.24) is 0 Å². The van der Waals surface area contributed by atoms with Gasteiger partial charge in [-0.2, -0.15) is 0 Å². The fourth-order valence-corrected chi connectivity index (χ4v) is 1.61. The highest BCUT2D eigenvalue weighted by Crippen LogP contribution is 2.22. The van der Waals surface area contributed by atoms with Crippen molar-refractivity contribution < 1.29 is 10.2 Å². The van der Waals surface area contributed by atoms with Gasteiger partial charge in [0.1, 0.15) is 11.5 Å². The highest BCUT2D eigenvalue weighted by atomic mass is 16.3.